The number of nitrogens with zero attached hydrogens (tertiary/aromatic N) is 2. The molecule has 0 saturated heterocycles. The van der Waals surface area contributed by atoms with Gasteiger partial charge in [-0.05, 0) is 43.7 Å². The lowest BCUT2D eigenvalue weighted by molar-refractivity contribution is -0.138. The quantitative estimate of drug-likeness (QED) is 0.341. The molecular formula is C23H20F6N2O3. The number of halogens is 6. The third-order valence-electron chi connectivity index (χ3n) is 5.17. The highest BCUT2D eigenvalue weighted by Crippen LogP contribution is 2.40. The fraction of sp³-hybridized carbons (Fsp3) is 0.304. The molecule has 182 valence electrons. The lowest BCUT2D eigenvalue weighted by Gasteiger charge is -2.12. The van der Waals surface area contributed by atoms with Crippen LogP contribution >= 0.6 is 0 Å². The van der Waals surface area contributed by atoms with E-state index in [1.165, 1.54) is 13.0 Å². The van der Waals surface area contributed by atoms with E-state index in [4.69, 9.17) is 5.11 Å². The second-order valence-corrected chi connectivity index (χ2v) is 7.58. The molecule has 2 N–H and O–H groups in total. The van der Waals surface area contributed by atoms with Crippen LogP contribution in [0.3, 0.4) is 0 Å². The summed E-state index contributed by atoms with van der Waals surface area (Å²) in [6.45, 7) is 0.964. The fourth-order valence-corrected chi connectivity index (χ4v) is 3.53. The molecule has 34 heavy (non-hydrogen) atoms. The molecule has 11 heteroatoms. The van der Waals surface area contributed by atoms with Crippen molar-refractivity contribution >= 4 is 22.4 Å². The van der Waals surface area contributed by atoms with Crippen LogP contribution in [0.25, 0.3) is 16.6 Å². The first-order chi connectivity index (χ1) is 15.8. The lowest BCUT2D eigenvalue weighted by Crippen LogP contribution is -2.07. The molecule has 3 aromatic rings. The zero-order valence-corrected chi connectivity index (χ0v) is 17.8. The summed E-state index contributed by atoms with van der Waals surface area (Å²) in [6.07, 6.45) is -9.12. The number of rotatable bonds is 7. The van der Waals surface area contributed by atoms with E-state index in [1.54, 1.807) is 0 Å². The van der Waals surface area contributed by atoms with Gasteiger partial charge in [0.15, 0.2) is 5.78 Å². The Labute approximate surface area is 190 Å². The van der Waals surface area contributed by atoms with Crippen molar-refractivity contribution < 1.29 is 41.4 Å². The molecule has 0 fully saturated rings. The largest absolute Gasteiger partial charge is 0.494 e. The highest BCUT2D eigenvalue weighted by Gasteiger charge is 2.33. The van der Waals surface area contributed by atoms with Crippen LogP contribution in [0.1, 0.15) is 36.5 Å². The number of carbonyl (C=O) groups excluding carboxylic acids is 1. The van der Waals surface area contributed by atoms with Crippen LogP contribution in [0.15, 0.2) is 47.5 Å². The van der Waals surface area contributed by atoms with Gasteiger partial charge in [0, 0.05) is 29.8 Å². The standard InChI is InChI=1S/C23H20F6N2O3/c1-13(30-12-17(33)6-3-9-32)20-18-8-7-15(23(27,28)29)11-19(18)31(21(20)34)16-5-2-4-14(10-16)22(24,25)26/h2,4-5,7-8,10-11,32,34H,3,6,9,12H2,1H3. The summed E-state index contributed by atoms with van der Waals surface area (Å²) in [6, 6.07) is 6.46. The topological polar surface area (TPSA) is 74.8 Å². The van der Waals surface area contributed by atoms with Gasteiger partial charge in [-0.15, -0.1) is 0 Å². The van der Waals surface area contributed by atoms with Gasteiger partial charge in [-0.25, -0.2) is 0 Å². The Morgan fingerprint density at radius 3 is 2.26 bits per heavy atom. The first-order valence-corrected chi connectivity index (χ1v) is 10.1. The highest BCUT2D eigenvalue weighted by molar-refractivity contribution is 6.13. The van der Waals surface area contributed by atoms with Crippen LogP contribution in [0.4, 0.5) is 26.3 Å². The van der Waals surface area contributed by atoms with E-state index in [9.17, 15) is 36.2 Å². The first-order valence-electron chi connectivity index (χ1n) is 10.1. The minimum atomic E-state index is -4.73. The molecule has 2 aromatic carbocycles. The van der Waals surface area contributed by atoms with E-state index in [0.717, 1.165) is 34.9 Å². The van der Waals surface area contributed by atoms with Crippen molar-refractivity contribution in [2.75, 3.05) is 13.2 Å². The van der Waals surface area contributed by atoms with Crippen molar-refractivity contribution in [2.45, 2.75) is 32.1 Å². The maximum atomic E-state index is 13.3. The molecule has 5 nitrogen and oxygen atoms in total. The second kappa shape index (κ2) is 9.49. The van der Waals surface area contributed by atoms with E-state index in [2.05, 4.69) is 4.99 Å². The number of carbonyl (C=O) groups is 1. The molecule has 0 bridgehead atoms. The Kier molecular flexibility index (Phi) is 7.06. The number of aliphatic hydroxyl groups excluding tert-OH is 1. The summed E-state index contributed by atoms with van der Waals surface area (Å²) >= 11 is 0. The number of Topliss-reactive ketones (excluding diaryl/α,β-unsaturated/α-hetero) is 1. The van der Waals surface area contributed by atoms with Crippen LogP contribution in [0.5, 0.6) is 5.88 Å². The molecular weight excluding hydrogens is 466 g/mol. The summed E-state index contributed by atoms with van der Waals surface area (Å²) < 4.78 is 80.6. The monoisotopic (exact) mass is 486 g/mol. The zero-order valence-electron chi connectivity index (χ0n) is 17.8. The summed E-state index contributed by atoms with van der Waals surface area (Å²) in [5, 5.41) is 19.9. The van der Waals surface area contributed by atoms with Crippen LogP contribution < -0.4 is 0 Å². The molecule has 1 heterocycles. The van der Waals surface area contributed by atoms with Crippen molar-refractivity contribution in [1.82, 2.24) is 4.57 Å². The third-order valence-corrected chi connectivity index (χ3v) is 5.17. The molecule has 0 aliphatic rings. The van der Waals surface area contributed by atoms with Crippen LogP contribution in [0, 0.1) is 0 Å². The molecule has 0 spiro atoms. The number of aromatic hydroxyl groups is 1. The van der Waals surface area contributed by atoms with Gasteiger partial charge in [-0.1, -0.05) is 12.1 Å². The summed E-state index contributed by atoms with van der Waals surface area (Å²) in [5.74, 6) is -0.911. The van der Waals surface area contributed by atoms with Gasteiger partial charge < -0.3 is 10.2 Å². The predicted octanol–water partition coefficient (Wildman–Crippen LogP) is 5.52. The molecule has 3 rings (SSSR count). The number of fused-ring (bicyclic) bond motifs is 1. The summed E-state index contributed by atoms with van der Waals surface area (Å²) in [7, 11) is 0. The van der Waals surface area contributed by atoms with Crippen LogP contribution in [0.2, 0.25) is 0 Å². The van der Waals surface area contributed by atoms with Gasteiger partial charge >= 0.3 is 12.4 Å². The summed E-state index contributed by atoms with van der Waals surface area (Å²) in [5.41, 5.74) is -2.36. The second-order valence-electron chi connectivity index (χ2n) is 7.58. The Morgan fingerprint density at radius 2 is 1.65 bits per heavy atom. The molecule has 0 atom stereocenters. The Hall–Kier alpha value is -3.34. The first kappa shape index (κ1) is 25.3. The molecule has 0 saturated carbocycles. The van der Waals surface area contributed by atoms with Gasteiger partial charge in [0.1, 0.15) is 0 Å². The Balaban J connectivity index is 2.22. The average molecular weight is 486 g/mol. The smallest absolute Gasteiger partial charge is 0.416 e. The minimum absolute atomic E-state index is 0.00362. The van der Waals surface area contributed by atoms with Crippen LogP contribution in [-0.4, -0.2) is 39.4 Å². The highest BCUT2D eigenvalue weighted by atomic mass is 19.4. The number of alkyl halides is 6. The van der Waals surface area contributed by atoms with Gasteiger partial charge in [0.2, 0.25) is 5.88 Å². The molecule has 0 aliphatic carbocycles. The Bertz CT molecular complexity index is 1240. The van der Waals surface area contributed by atoms with E-state index in [-0.39, 0.29) is 59.6 Å². The molecule has 1 aromatic heterocycles. The molecule has 0 amide bonds. The van der Waals surface area contributed by atoms with E-state index in [1.807, 2.05) is 0 Å². The Morgan fingerprint density at radius 1 is 1.00 bits per heavy atom. The van der Waals surface area contributed by atoms with Gasteiger partial charge in [-0.3, -0.25) is 14.4 Å². The molecule has 0 aliphatic heterocycles. The number of hydrogen-bond donors (Lipinski definition) is 2. The normalized spacial score (nSPS) is 13.0. The molecule has 0 radical (unpaired) electrons. The lowest BCUT2D eigenvalue weighted by atomic mass is 10.1. The number of aromatic nitrogens is 1. The predicted molar refractivity (Wildman–Crippen MR) is 113 cm³/mol. The van der Waals surface area contributed by atoms with Gasteiger partial charge in [0.25, 0.3) is 0 Å². The van der Waals surface area contributed by atoms with Crippen molar-refractivity contribution in [2.24, 2.45) is 4.99 Å². The number of benzene rings is 2. The number of aliphatic imine (C=N–C) groups is 1. The van der Waals surface area contributed by atoms with Crippen molar-refractivity contribution in [1.29, 1.82) is 0 Å². The molecule has 0 unspecified atom stereocenters. The number of ketones is 1. The zero-order chi connectivity index (χ0) is 25.3. The summed E-state index contributed by atoms with van der Waals surface area (Å²) in [4.78, 5) is 16.0. The fourth-order valence-electron chi connectivity index (χ4n) is 3.53. The third kappa shape index (κ3) is 5.24. The van der Waals surface area contributed by atoms with Gasteiger partial charge in [-0.2, -0.15) is 26.3 Å². The average Bonchev–Trinajstić information content (AvgIpc) is 3.06. The van der Waals surface area contributed by atoms with Crippen molar-refractivity contribution in [3.8, 4) is 11.6 Å². The van der Waals surface area contributed by atoms with Crippen molar-refractivity contribution in [3.63, 3.8) is 0 Å². The SMILES string of the molecule is CC(=NCC(=O)CCCO)c1c(O)n(-c2cccc(C(F)(F)F)c2)c2cc(C(F)(F)F)ccc12. The minimum Gasteiger partial charge on any atom is -0.494 e. The van der Waals surface area contributed by atoms with Gasteiger partial charge in [0.05, 0.1) is 28.8 Å². The number of aliphatic hydroxyl groups is 1. The van der Waals surface area contributed by atoms with Crippen molar-refractivity contribution in [3.05, 3.63) is 59.2 Å². The van der Waals surface area contributed by atoms with E-state index in [0.29, 0.717) is 6.07 Å². The maximum absolute atomic E-state index is 13.3. The maximum Gasteiger partial charge on any atom is 0.416 e. The number of hydrogen-bond acceptors (Lipinski definition) is 4. The van der Waals surface area contributed by atoms with Crippen LogP contribution in [-0.2, 0) is 17.1 Å². The van der Waals surface area contributed by atoms with E-state index >= 15 is 0 Å². The van der Waals surface area contributed by atoms with E-state index < -0.39 is 29.4 Å².